The Morgan fingerprint density at radius 3 is 2.54 bits per heavy atom. The number of hydrogen-bond donors (Lipinski definition) is 1. The first-order valence-electron chi connectivity index (χ1n) is 7.54. The Morgan fingerprint density at radius 1 is 1.21 bits per heavy atom. The van der Waals surface area contributed by atoms with Crippen molar-refractivity contribution in [1.82, 2.24) is 9.88 Å². The molecule has 1 heterocycles. The van der Waals surface area contributed by atoms with Crippen LogP contribution in [0.25, 0.3) is 0 Å². The maximum Gasteiger partial charge on any atom is 0.226 e. The zero-order chi connectivity index (χ0) is 17.4. The zero-order valence-electron chi connectivity index (χ0n) is 13.4. The fraction of sp³-hybridized carbons (Fsp3) is 0.222. The minimum atomic E-state index is -0.188. The SMILES string of the molecule is CC(=O)N(CCC(=O)Nc1ccc(C#N)cc1)Cc1ccccn1. The Bertz CT molecular complexity index is 736. The predicted molar refractivity (Wildman–Crippen MR) is 89.7 cm³/mol. The standard InChI is InChI=1S/C18H18N4O2/c1-14(23)22(13-17-4-2-3-10-20-17)11-9-18(24)21-16-7-5-15(12-19)6-8-16/h2-8,10H,9,11,13H2,1H3,(H,21,24). The van der Waals surface area contributed by atoms with Crippen LogP contribution < -0.4 is 5.32 Å². The van der Waals surface area contributed by atoms with E-state index in [1.165, 1.54) is 6.92 Å². The van der Waals surface area contributed by atoms with Gasteiger partial charge in [0, 0.05) is 31.8 Å². The molecule has 0 saturated carbocycles. The van der Waals surface area contributed by atoms with Gasteiger partial charge in [0.05, 0.1) is 23.9 Å². The molecule has 24 heavy (non-hydrogen) atoms. The lowest BCUT2D eigenvalue weighted by atomic mass is 10.2. The van der Waals surface area contributed by atoms with Gasteiger partial charge in [0.15, 0.2) is 0 Å². The van der Waals surface area contributed by atoms with E-state index in [4.69, 9.17) is 5.26 Å². The fourth-order valence-electron chi connectivity index (χ4n) is 2.12. The zero-order valence-corrected chi connectivity index (χ0v) is 13.4. The summed E-state index contributed by atoms with van der Waals surface area (Å²) in [7, 11) is 0. The van der Waals surface area contributed by atoms with Gasteiger partial charge in [0.25, 0.3) is 0 Å². The monoisotopic (exact) mass is 322 g/mol. The van der Waals surface area contributed by atoms with Crippen molar-refractivity contribution in [2.45, 2.75) is 19.9 Å². The highest BCUT2D eigenvalue weighted by Crippen LogP contribution is 2.10. The lowest BCUT2D eigenvalue weighted by Gasteiger charge is -2.20. The van der Waals surface area contributed by atoms with Gasteiger partial charge in [-0.05, 0) is 36.4 Å². The Morgan fingerprint density at radius 2 is 1.96 bits per heavy atom. The number of rotatable bonds is 6. The normalized spacial score (nSPS) is 9.83. The number of hydrogen-bond acceptors (Lipinski definition) is 4. The van der Waals surface area contributed by atoms with E-state index in [9.17, 15) is 9.59 Å². The first kappa shape index (κ1) is 17.2. The van der Waals surface area contributed by atoms with E-state index in [1.807, 2.05) is 24.3 Å². The van der Waals surface area contributed by atoms with Gasteiger partial charge < -0.3 is 10.2 Å². The van der Waals surface area contributed by atoms with Gasteiger partial charge in [-0.2, -0.15) is 5.26 Å². The van der Waals surface area contributed by atoms with Crippen LogP contribution in [-0.4, -0.2) is 28.2 Å². The molecule has 122 valence electrons. The van der Waals surface area contributed by atoms with E-state index in [0.29, 0.717) is 24.3 Å². The van der Waals surface area contributed by atoms with Gasteiger partial charge in [-0.1, -0.05) is 6.07 Å². The smallest absolute Gasteiger partial charge is 0.226 e. The third-order valence-corrected chi connectivity index (χ3v) is 3.43. The third kappa shape index (κ3) is 5.21. The molecule has 1 aromatic carbocycles. The summed E-state index contributed by atoms with van der Waals surface area (Å²) in [6, 6.07) is 14.2. The highest BCUT2D eigenvalue weighted by atomic mass is 16.2. The molecule has 0 bridgehead atoms. The average Bonchev–Trinajstić information content (AvgIpc) is 2.60. The first-order valence-corrected chi connectivity index (χ1v) is 7.54. The van der Waals surface area contributed by atoms with E-state index in [0.717, 1.165) is 5.69 Å². The Balaban J connectivity index is 1.87. The van der Waals surface area contributed by atoms with Crippen molar-refractivity contribution in [2.75, 3.05) is 11.9 Å². The van der Waals surface area contributed by atoms with Crippen LogP contribution in [0.5, 0.6) is 0 Å². The molecule has 0 aliphatic rings. The molecular weight excluding hydrogens is 304 g/mol. The first-order chi connectivity index (χ1) is 11.6. The molecule has 0 spiro atoms. The second-order valence-electron chi connectivity index (χ2n) is 5.25. The quantitative estimate of drug-likeness (QED) is 0.884. The molecule has 2 amide bonds. The molecule has 0 fully saturated rings. The minimum Gasteiger partial charge on any atom is -0.337 e. The van der Waals surface area contributed by atoms with Crippen LogP contribution in [0, 0.1) is 11.3 Å². The number of nitriles is 1. The summed E-state index contributed by atoms with van der Waals surface area (Å²) in [4.78, 5) is 29.5. The Kier molecular flexibility index (Phi) is 6.03. The molecule has 1 aromatic heterocycles. The number of pyridine rings is 1. The third-order valence-electron chi connectivity index (χ3n) is 3.43. The number of carbonyl (C=O) groups excluding carboxylic acids is 2. The molecule has 0 atom stereocenters. The maximum atomic E-state index is 12.0. The van der Waals surface area contributed by atoms with Crippen LogP contribution in [0.15, 0.2) is 48.7 Å². The number of benzene rings is 1. The summed E-state index contributed by atoms with van der Waals surface area (Å²) in [5, 5.41) is 11.5. The minimum absolute atomic E-state index is 0.105. The van der Waals surface area contributed by atoms with Gasteiger partial charge in [-0.3, -0.25) is 14.6 Å². The van der Waals surface area contributed by atoms with E-state index in [-0.39, 0.29) is 18.2 Å². The van der Waals surface area contributed by atoms with Gasteiger partial charge >= 0.3 is 0 Å². The highest BCUT2D eigenvalue weighted by Gasteiger charge is 2.12. The molecule has 0 aliphatic carbocycles. The fourth-order valence-corrected chi connectivity index (χ4v) is 2.12. The van der Waals surface area contributed by atoms with Crippen molar-refractivity contribution in [2.24, 2.45) is 0 Å². The number of anilines is 1. The summed E-state index contributed by atoms with van der Waals surface area (Å²) in [6.07, 6.45) is 1.86. The van der Waals surface area contributed by atoms with Crippen molar-refractivity contribution in [3.63, 3.8) is 0 Å². The van der Waals surface area contributed by atoms with Crippen LogP contribution in [-0.2, 0) is 16.1 Å². The van der Waals surface area contributed by atoms with Crippen LogP contribution in [0.4, 0.5) is 5.69 Å². The van der Waals surface area contributed by atoms with Gasteiger partial charge in [0.2, 0.25) is 11.8 Å². The molecule has 0 saturated heterocycles. The molecular formula is C18H18N4O2. The lowest BCUT2D eigenvalue weighted by molar-refractivity contribution is -0.130. The average molecular weight is 322 g/mol. The van der Waals surface area contributed by atoms with Crippen molar-refractivity contribution >= 4 is 17.5 Å². The van der Waals surface area contributed by atoms with Gasteiger partial charge in [0.1, 0.15) is 0 Å². The molecule has 1 N–H and O–H groups in total. The summed E-state index contributed by atoms with van der Waals surface area (Å²) in [6.45, 7) is 2.16. The van der Waals surface area contributed by atoms with Crippen LogP contribution in [0.3, 0.4) is 0 Å². The van der Waals surface area contributed by atoms with Gasteiger partial charge in [-0.25, -0.2) is 0 Å². The van der Waals surface area contributed by atoms with Crippen molar-refractivity contribution in [3.8, 4) is 6.07 Å². The van der Waals surface area contributed by atoms with Gasteiger partial charge in [-0.15, -0.1) is 0 Å². The summed E-state index contributed by atoms with van der Waals surface area (Å²) < 4.78 is 0. The maximum absolute atomic E-state index is 12.0. The van der Waals surface area contributed by atoms with E-state index >= 15 is 0 Å². The van der Waals surface area contributed by atoms with Crippen LogP contribution in [0.2, 0.25) is 0 Å². The lowest BCUT2D eigenvalue weighted by Crippen LogP contribution is -2.31. The van der Waals surface area contributed by atoms with Crippen molar-refractivity contribution in [3.05, 3.63) is 59.9 Å². The summed E-state index contributed by atoms with van der Waals surface area (Å²) in [5.74, 6) is -0.293. The predicted octanol–water partition coefficient (Wildman–Crippen LogP) is 2.33. The van der Waals surface area contributed by atoms with E-state index < -0.39 is 0 Å². The molecule has 2 rings (SSSR count). The van der Waals surface area contributed by atoms with Crippen LogP contribution in [0.1, 0.15) is 24.6 Å². The molecule has 0 radical (unpaired) electrons. The largest absolute Gasteiger partial charge is 0.337 e. The number of nitrogens with zero attached hydrogens (tertiary/aromatic N) is 3. The number of nitrogens with one attached hydrogen (secondary N) is 1. The summed E-state index contributed by atoms with van der Waals surface area (Å²) in [5.41, 5.74) is 1.93. The van der Waals surface area contributed by atoms with Crippen molar-refractivity contribution in [1.29, 1.82) is 5.26 Å². The topological polar surface area (TPSA) is 86.1 Å². The number of amides is 2. The van der Waals surface area contributed by atoms with E-state index in [1.54, 1.807) is 35.4 Å². The molecule has 6 nitrogen and oxygen atoms in total. The second kappa shape index (κ2) is 8.44. The molecule has 0 aliphatic heterocycles. The van der Waals surface area contributed by atoms with E-state index in [2.05, 4.69) is 10.3 Å². The molecule has 6 heteroatoms. The second-order valence-corrected chi connectivity index (χ2v) is 5.25. The van der Waals surface area contributed by atoms with Crippen LogP contribution >= 0.6 is 0 Å². The Hall–Kier alpha value is -3.20. The van der Waals surface area contributed by atoms with Crippen molar-refractivity contribution < 1.29 is 9.59 Å². The highest BCUT2D eigenvalue weighted by molar-refractivity contribution is 5.91. The Labute approximate surface area is 140 Å². The number of carbonyl (C=O) groups is 2. The molecule has 2 aromatic rings. The number of aromatic nitrogens is 1. The summed E-state index contributed by atoms with van der Waals surface area (Å²) >= 11 is 0. The molecule has 0 unspecified atom stereocenters.